The van der Waals surface area contributed by atoms with Crippen LogP contribution in [0.4, 0.5) is 5.82 Å². The number of aromatic amines is 1. The van der Waals surface area contributed by atoms with Crippen molar-refractivity contribution >= 4 is 21.7 Å². The van der Waals surface area contributed by atoms with Gasteiger partial charge in [0.25, 0.3) is 5.56 Å². The monoisotopic (exact) mass is 299 g/mol. The number of hydrogen-bond acceptors (Lipinski definition) is 3. The Bertz CT molecular complexity index is 424. The second-order valence-corrected chi connectivity index (χ2v) is 5.46. The van der Waals surface area contributed by atoms with Gasteiger partial charge in [-0.15, -0.1) is 0 Å². The van der Waals surface area contributed by atoms with E-state index < -0.39 is 0 Å². The van der Waals surface area contributed by atoms with Gasteiger partial charge in [0.15, 0.2) is 0 Å². The molecule has 1 aliphatic rings. The molecule has 0 amide bonds. The number of halogens is 1. The molecule has 5 heteroatoms. The summed E-state index contributed by atoms with van der Waals surface area (Å²) in [6.45, 7) is 2.26. The molecule has 0 saturated heterocycles. The first-order valence-electron chi connectivity index (χ1n) is 6.20. The molecule has 0 bridgehead atoms. The van der Waals surface area contributed by atoms with E-state index in [-0.39, 0.29) is 5.56 Å². The average Bonchev–Trinajstić information content (AvgIpc) is 2.36. The van der Waals surface area contributed by atoms with Crippen molar-refractivity contribution in [3.63, 3.8) is 0 Å². The van der Waals surface area contributed by atoms with Gasteiger partial charge in [0.1, 0.15) is 10.3 Å². The van der Waals surface area contributed by atoms with Gasteiger partial charge >= 0.3 is 0 Å². The summed E-state index contributed by atoms with van der Waals surface area (Å²) in [7, 11) is 0. The minimum absolute atomic E-state index is 0.134. The fourth-order valence-electron chi connectivity index (χ4n) is 2.39. The molecule has 0 aromatic carbocycles. The molecular formula is C12H18BrN3O. The summed E-state index contributed by atoms with van der Waals surface area (Å²) in [5.41, 5.74) is -0.134. The minimum atomic E-state index is -0.134. The highest BCUT2D eigenvalue weighted by Gasteiger charge is 2.20. The Morgan fingerprint density at radius 1 is 1.47 bits per heavy atom. The van der Waals surface area contributed by atoms with E-state index in [0.29, 0.717) is 16.3 Å². The van der Waals surface area contributed by atoms with Crippen molar-refractivity contribution in [2.45, 2.75) is 45.1 Å². The standard InChI is InChI=1S/C12H18BrN3O/c1-2-8-3-5-9(6-4-8)16-11-10(13)12(17)15-7-14-11/h7-9H,2-6H2,1H3,(H2,14,15,16,17). The maximum Gasteiger partial charge on any atom is 0.267 e. The lowest BCUT2D eigenvalue weighted by molar-refractivity contribution is 0.330. The SMILES string of the molecule is CCC1CCC(Nc2nc[nH]c(=O)c2Br)CC1. The molecule has 0 aliphatic heterocycles. The van der Waals surface area contributed by atoms with Crippen LogP contribution in [0.3, 0.4) is 0 Å². The normalized spacial score (nSPS) is 24.6. The van der Waals surface area contributed by atoms with Crippen LogP contribution in [0.25, 0.3) is 0 Å². The van der Waals surface area contributed by atoms with Crippen LogP contribution in [0, 0.1) is 5.92 Å². The summed E-state index contributed by atoms with van der Waals surface area (Å²) < 4.78 is 0.498. The van der Waals surface area contributed by atoms with Gasteiger partial charge in [0.2, 0.25) is 0 Å². The Kier molecular flexibility index (Phi) is 4.20. The van der Waals surface area contributed by atoms with Gasteiger partial charge in [-0.1, -0.05) is 13.3 Å². The first-order valence-corrected chi connectivity index (χ1v) is 6.99. The molecule has 1 aromatic rings. The van der Waals surface area contributed by atoms with Crippen LogP contribution in [0.15, 0.2) is 15.6 Å². The molecule has 1 fully saturated rings. The Hall–Kier alpha value is -0.840. The molecule has 1 aliphatic carbocycles. The van der Waals surface area contributed by atoms with E-state index >= 15 is 0 Å². The molecule has 0 atom stereocenters. The van der Waals surface area contributed by atoms with E-state index in [2.05, 4.69) is 38.1 Å². The second-order valence-electron chi connectivity index (χ2n) is 4.66. The van der Waals surface area contributed by atoms with Gasteiger partial charge in [-0.25, -0.2) is 4.98 Å². The Labute approximate surface area is 109 Å². The third-order valence-electron chi connectivity index (χ3n) is 3.56. The van der Waals surface area contributed by atoms with Crippen molar-refractivity contribution in [2.24, 2.45) is 5.92 Å². The van der Waals surface area contributed by atoms with Crippen molar-refractivity contribution in [3.8, 4) is 0 Å². The molecular weight excluding hydrogens is 282 g/mol. The van der Waals surface area contributed by atoms with Crippen LogP contribution in [0.5, 0.6) is 0 Å². The number of anilines is 1. The lowest BCUT2D eigenvalue weighted by Gasteiger charge is -2.28. The molecule has 2 N–H and O–H groups in total. The molecule has 94 valence electrons. The smallest absolute Gasteiger partial charge is 0.267 e. The van der Waals surface area contributed by atoms with Crippen LogP contribution in [-0.4, -0.2) is 16.0 Å². The van der Waals surface area contributed by atoms with E-state index in [1.165, 1.54) is 38.4 Å². The van der Waals surface area contributed by atoms with Gasteiger partial charge in [-0.05, 0) is 47.5 Å². The second kappa shape index (κ2) is 5.67. The highest BCUT2D eigenvalue weighted by Crippen LogP contribution is 2.28. The summed E-state index contributed by atoms with van der Waals surface area (Å²) in [6, 6.07) is 0.448. The van der Waals surface area contributed by atoms with Crippen molar-refractivity contribution in [3.05, 3.63) is 21.2 Å². The van der Waals surface area contributed by atoms with Crippen LogP contribution < -0.4 is 10.9 Å². The first-order chi connectivity index (χ1) is 8.20. The fraction of sp³-hybridized carbons (Fsp3) is 0.667. The van der Waals surface area contributed by atoms with Crippen LogP contribution >= 0.6 is 15.9 Å². The maximum absolute atomic E-state index is 11.4. The number of nitrogens with one attached hydrogen (secondary N) is 2. The molecule has 4 nitrogen and oxygen atoms in total. The van der Waals surface area contributed by atoms with Gasteiger partial charge in [-0.3, -0.25) is 4.79 Å². The maximum atomic E-state index is 11.4. The van der Waals surface area contributed by atoms with Gasteiger partial charge in [0.05, 0.1) is 6.33 Å². The highest BCUT2D eigenvalue weighted by atomic mass is 79.9. The number of hydrogen-bond donors (Lipinski definition) is 2. The summed E-state index contributed by atoms with van der Waals surface area (Å²) in [6.07, 6.45) is 7.59. The number of H-pyrrole nitrogens is 1. The van der Waals surface area contributed by atoms with E-state index in [9.17, 15) is 4.79 Å². The fourth-order valence-corrected chi connectivity index (χ4v) is 2.72. The average molecular weight is 300 g/mol. The Morgan fingerprint density at radius 3 is 2.82 bits per heavy atom. The number of nitrogens with zero attached hydrogens (tertiary/aromatic N) is 1. The van der Waals surface area contributed by atoms with Crippen LogP contribution in [-0.2, 0) is 0 Å². The highest BCUT2D eigenvalue weighted by molar-refractivity contribution is 9.10. The summed E-state index contributed by atoms with van der Waals surface area (Å²) in [5.74, 6) is 1.54. The topological polar surface area (TPSA) is 57.8 Å². The zero-order valence-electron chi connectivity index (χ0n) is 10.0. The Balaban J connectivity index is 1.98. The van der Waals surface area contributed by atoms with Crippen molar-refractivity contribution < 1.29 is 0 Å². The van der Waals surface area contributed by atoms with Crippen LogP contribution in [0.1, 0.15) is 39.0 Å². The van der Waals surface area contributed by atoms with E-state index in [0.717, 1.165) is 5.92 Å². The van der Waals surface area contributed by atoms with Gasteiger partial charge in [-0.2, -0.15) is 0 Å². The van der Waals surface area contributed by atoms with E-state index in [4.69, 9.17) is 0 Å². The zero-order chi connectivity index (χ0) is 12.3. The van der Waals surface area contributed by atoms with Crippen LogP contribution in [0.2, 0.25) is 0 Å². The quantitative estimate of drug-likeness (QED) is 0.902. The Morgan fingerprint density at radius 2 is 2.18 bits per heavy atom. The lowest BCUT2D eigenvalue weighted by Crippen LogP contribution is -2.27. The molecule has 1 aromatic heterocycles. The van der Waals surface area contributed by atoms with Gasteiger partial charge < -0.3 is 10.3 Å². The first kappa shape index (κ1) is 12.6. The molecule has 1 heterocycles. The van der Waals surface area contributed by atoms with E-state index in [1.54, 1.807) is 0 Å². The third-order valence-corrected chi connectivity index (χ3v) is 4.30. The molecule has 0 radical (unpaired) electrons. The van der Waals surface area contributed by atoms with E-state index in [1.807, 2.05) is 0 Å². The molecule has 1 saturated carbocycles. The summed E-state index contributed by atoms with van der Waals surface area (Å²) in [4.78, 5) is 18.1. The third kappa shape index (κ3) is 3.09. The molecule has 0 spiro atoms. The predicted octanol–water partition coefficient (Wildman–Crippen LogP) is 2.91. The number of aromatic nitrogens is 2. The predicted molar refractivity (Wildman–Crippen MR) is 72.2 cm³/mol. The zero-order valence-corrected chi connectivity index (χ0v) is 11.6. The van der Waals surface area contributed by atoms with Gasteiger partial charge in [0, 0.05) is 6.04 Å². The van der Waals surface area contributed by atoms with Crippen molar-refractivity contribution in [1.82, 2.24) is 9.97 Å². The minimum Gasteiger partial charge on any atom is -0.366 e. The summed E-state index contributed by atoms with van der Waals surface area (Å²) >= 11 is 3.26. The molecule has 17 heavy (non-hydrogen) atoms. The number of rotatable bonds is 3. The molecule has 2 rings (SSSR count). The van der Waals surface area contributed by atoms with Crippen molar-refractivity contribution in [1.29, 1.82) is 0 Å². The molecule has 0 unspecified atom stereocenters. The van der Waals surface area contributed by atoms with Crippen molar-refractivity contribution in [2.75, 3.05) is 5.32 Å². The lowest BCUT2D eigenvalue weighted by atomic mass is 9.84. The largest absolute Gasteiger partial charge is 0.366 e. The summed E-state index contributed by atoms with van der Waals surface area (Å²) in [5, 5.41) is 3.36.